The molecule has 1 aliphatic heterocycles. The van der Waals surface area contributed by atoms with Crippen LogP contribution in [0, 0.1) is 13.8 Å². The van der Waals surface area contributed by atoms with Gasteiger partial charge in [0.25, 0.3) is 0 Å². The number of anilines is 2. The van der Waals surface area contributed by atoms with Crippen LogP contribution >= 0.6 is 11.3 Å². The normalized spacial score (nSPS) is 15.1. The van der Waals surface area contributed by atoms with Crippen molar-refractivity contribution in [2.75, 3.05) is 36.6 Å². The molecule has 8 heteroatoms. The quantitative estimate of drug-likeness (QED) is 0.564. The van der Waals surface area contributed by atoms with Gasteiger partial charge in [0, 0.05) is 36.6 Å². The first-order valence-electron chi connectivity index (χ1n) is 8.52. The molecule has 0 amide bonds. The van der Waals surface area contributed by atoms with Crippen molar-refractivity contribution in [3.63, 3.8) is 0 Å². The molecular weight excluding hydrogens is 348 g/mol. The Morgan fingerprint density at radius 3 is 2.88 bits per heavy atom. The lowest BCUT2D eigenvalue weighted by molar-refractivity contribution is 0.123. The van der Waals surface area contributed by atoms with Crippen molar-refractivity contribution in [2.24, 2.45) is 5.10 Å². The minimum atomic E-state index is 0.728. The topological polar surface area (TPSA) is 75.5 Å². The zero-order valence-corrected chi connectivity index (χ0v) is 15.6. The number of hydrogen-bond acceptors (Lipinski definition) is 8. The highest BCUT2D eigenvalue weighted by molar-refractivity contribution is 7.23. The highest BCUT2D eigenvalue weighted by Gasteiger charge is 2.20. The van der Waals surface area contributed by atoms with E-state index in [0.29, 0.717) is 0 Å². The molecule has 4 rings (SSSR count). The summed E-state index contributed by atoms with van der Waals surface area (Å²) in [5.74, 6) is 1.46. The molecule has 3 aromatic heterocycles. The van der Waals surface area contributed by atoms with Crippen LogP contribution in [0.3, 0.4) is 0 Å². The summed E-state index contributed by atoms with van der Waals surface area (Å²) in [6.45, 7) is 7.36. The second-order valence-corrected chi connectivity index (χ2v) is 7.08. The number of fused-ring (bicyclic) bond motifs is 1. The van der Waals surface area contributed by atoms with Crippen LogP contribution in [0.15, 0.2) is 29.6 Å². The van der Waals surface area contributed by atoms with Gasteiger partial charge in [-0.2, -0.15) is 5.10 Å². The fraction of sp³-hybridized carbons (Fsp3) is 0.333. The van der Waals surface area contributed by atoms with Gasteiger partial charge in [0.2, 0.25) is 0 Å². The van der Waals surface area contributed by atoms with E-state index in [2.05, 4.69) is 37.3 Å². The molecule has 3 aromatic rings. The van der Waals surface area contributed by atoms with Crippen LogP contribution in [0.5, 0.6) is 0 Å². The summed E-state index contributed by atoms with van der Waals surface area (Å²) < 4.78 is 6.50. The fourth-order valence-electron chi connectivity index (χ4n) is 2.95. The zero-order chi connectivity index (χ0) is 17.9. The van der Waals surface area contributed by atoms with Gasteiger partial charge in [0.15, 0.2) is 5.82 Å². The van der Waals surface area contributed by atoms with E-state index in [9.17, 15) is 0 Å². The standard InChI is InChI=1S/C18H20N6OS/c1-12-15-16(26-18(12)24-6-8-25-9-7-24)17(22-13(2)21-15)23-20-11-14-4-3-5-19-10-14/h3-5,10-11H,6-9H2,1-2H3,(H,21,22,23)/b20-11+. The van der Waals surface area contributed by atoms with Gasteiger partial charge in [-0.15, -0.1) is 11.3 Å². The van der Waals surface area contributed by atoms with E-state index in [4.69, 9.17) is 4.74 Å². The Kier molecular flexibility index (Phi) is 4.77. The molecule has 134 valence electrons. The predicted octanol–water partition coefficient (Wildman–Crippen LogP) is 2.99. The number of nitrogens with zero attached hydrogens (tertiary/aromatic N) is 5. The van der Waals surface area contributed by atoms with Crippen molar-refractivity contribution in [1.82, 2.24) is 15.0 Å². The lowest BCUT2D eigenvalue weighted by atomic mass is 10.2. The van der Waals surface area contributed by atoms with Crippen LogP contribution < -0.4 is 10.3 Å². The summed E-state index contributed by atoms with van der Waals surface area (Å²) in [6, 6.07) is 3.83. The SMILES string of the molecule is Cc1nc(N/N=C/c2cccnc2)c2sc(N3CCOCC3)c(C)c2n1. The Balaban J connectivity index is 1.67. The van der Waals surface area contributed by atoms with E-state index in [1.807, 2.05) is 19.1 Å². The second-order valence-electron chi connectivity index (χ2n) is 6.09. The van der Waals surface area contributed by atoms with Gasteiger partial charge >= 0.3 is 0 Å². The van der Waals surface area contributed by atoms with Gasteiger partial charge in [0.05, 0.1) is 34.6 Å². The Morgan fingerprint density at radius 2 is 2.12 bits per heavy atom. The van der Waals surface area contributed by atoms with E-state index < -0.39 is 0 Å². The largest absolute Gasteiger partial charge is 0.378 e. The third kappa shape index (κ3) is 3.38. The third-order valence-electron chi connectivity index (χ3n) is 4.22. The average molecular weight is 368 g/mol. The molecule has 0 bridgehead atoms. The molecule has 0 atom stereocenters. The second kappa shape index (κ2) is 7.35. The van der Waals surface area contributed by atoms with Gasteiger partial charge in [0.1, 0.15) is 5.82 Å². The molecule has 0 aromatic carbocycles. The van der Waals surface area contributed by atoms with E-state index in [1.54, 1.807) is 29.9 Å². The number of ether oxygens (including phenoxy) is 1. The van der Waals surface area contributed by atoms with Gasteiger partial charge in [-0.1, -0.05) is 6.07 Å². The number of pyridine rings is 1. The first-order valence-corrected chi connectivity index (χ1v) is 9.33. The minimum Gasteiger partial charge on any atom is -0.378 e. The maximum absolute atomic E-state index is 5.47. The van der Waals surface area contributed by atoms with Crippen LogP contribution in [0.4, 0.5) is 10.8 Å². The maximum atomic E-state index is 5.47. The number of rotatable bonds is 4. The Morgan fingerprint density at radius 1 is 1.27 bits per heavy atom. The molecule has 1 aliphatic rings. The van der Waals surface area contributed by atoms with E-state index in [-0.39, 0.29) is 0 Å². The Hall–Kier alpha value is -2.58. The molecule has 0 unspecified atom stereocenters. The molecule has 0 aliphatic carbocycles. The third-order valence-corrected chi connectivity index (χ3v) is 5.57. The number of aryl methyl sites for hydroxylation is 2. The smallest absolute Gasteiger partial charge is 0.168 e. The van der Waals surface area contributed by atoms with Crippen LogP contribution in [0.25, 0.3) is 10.2 Å². The van der Waals surface area contributed by atoms with Crippen molar-refractivity contribution in [3.8, 4) is 0 Å². The Bertz CT molecular complexity index is 934. The number of morpholine rings is 1. The molecule has 0 spiro atoms. The van der Waals surface area contributed by atoms with Crippen LogP contribution in [0.2, 0.25) is 0 Å². The zero-order valence-electron chi connectivity index (χ0n) is 14.8. The monoisotopic (exact) mass is 368 g/mol. The van der Waals surface area contributed by atoms with Crippen LogP contribution in [-0.4, -0.2) is 47.5 Å². The molecule has 0 saturated carbocycles. The predicted molar refractivity (Wildman–Crippen MR) is 105 cm³/mol. The lowest BCUT2D eigenvalue weighted by Crippen LogP contribution is -2.36. The summed E-state index contributed by atoms with van der Waals surface area (Å²) in [5, 5.41) is 5.56. The molecular formula is C18H20N6OS. The van der Waals surface area contributed by atoms with Gasteiger partial charge in [-0.3, -0.25) is 10.4 Å². The molecule has 26 heavy (non-hydrogen) atoms. The number of nitrogens with one attached hydrogen (secondary N) is 1. The summed E-state index contributed by atoms with van der Waals surface area (Å²) >= 11 is 1.71. The summed E-state index contributed by atoms with van der Waals surface area (Å²) in [6.07, 6.45) is 5.24. The van der Waals surface area contributed by atoms with Gasteiger partial charge < -0.3 is 9.64 Å². The van der Waals surface area contributed by atoms with Crippen LogP contribution in [-0.2, 0) is 4.74 Å². The van der Waals surface area contributed by atoms with E-state index in [0.717, 1.165) is 53.7 Å². The first-order chi connectivity index (χ1) is 12.7. The van der Waals surface area contributed by atoms with E-state index >= 15 is 0 Å². The number of hydrazone groups is 1. The lowest BCUT2D eigenvalue weighted by Gasteiger charge is -2.28. The molecule has 4 heterocycles. The summed E-state index contributed by atoms with van der Waals surface area (Å²) in [5.41, 5.74) is 6.19. The molecule has 7 nitrogen and oxygen atoms in total. The highest BCUT2D eigenvalue weighted by atomic mass is 32.1. The van der Waals surface area contributed by atoms with Crippen molar-refractivity contribution in [3.05, 3.63) is 41.5 Å². The Labute approximate surface area is 155 Å². The minimum absolute atomic E-state index is 0.728. The van der Waals surface area contributed by atoms with Gasteiger partial charge in [-0.25, -0.2) is 9.97 Å². The molecule has 1 fully saturated rings. The van der Waals surface area contributed by atoms with Crippen molar-refractivity contribution >= 4 is 38.6 Å². The summed E-state index contributed by atoms with van der Waals surface area (Å²) in [7, 11) is 0. The maximum Gasteiger partial charge on any atom is 0.168 e. The van der Waals surface area contributed by atoms with E-state index in [1.165, 1.54) is 10.6 Å². The molecule has 1 saturated heterocycles. The number of thiophene rings is 1. The first kappa shape index (κ1) is 16.9. The fourth-order valence-corrected chi connectivity index (χ4v) is 4.19. The van der Waals surface area contributed by atoms with Crippen molar-refractivity contribution in [1.29, 1.82) is 0 Å². The number of hydrogen-bond donors (Lipinski definition) is 1. The van der Waals surface area contributed by atoms with Crippen molar-refractivity contribution in [2.45, 2.75) is 13.8 Å². The molecule has 0 radical (unpaired) electrons. The number of aromatic nitrogens is 3. The van der Waals surface area contributed by atoms with Gasteiger partial charge in [-0.05, 0) is 19.9 Å². The molecule has 1 N–H and O–H groups in total. The summed E-state index contributed by atoms with van der Waals surface area (Å²) in [4.78, 5) is 15.7. The highest BCUT2D eigenvalue weighted by Crippen LogP contribution is 2.40. The average Bonchev–Trinajstić information content (AvgIpc) is 3.00. The van der Waals surface area contributed by atoms with Crippen LogP contribution in [0.1, 0.15) is 17.0 Å². The van der Waals surface area contributed by atoms with Crippen molar-refractivity contribution < 1.29 is 4.74 Å².